The molecule has 5 rings (SSSR count). The van der Waals surface area contributed by atoms with Crippen LogP contribution in [-0.4, -0.2) is 41.3 Å². The third-order valence-electron chi connectivity index (χ3n) is 6.04. The molecule has 1 aliphatic heterocycles. The van der Waals surface area contributed by atoms with Crippen molar-refractivity contribution >= 4 is 33.0 Å². The first-order valence-corrected chi connectivity index (χ1v) is 13.2. The maximum Gasteiger partial charge on any atom is 0.251 e. The van der Waals surface area contributed by atoms with Crippen LogP contribution in [0, 0.1) is 19.7 Å². The number of hydrogen-bond donors (Lipinski definition) is 1. The molecule has 1 atom stereocenters. The molecule has 37 heavy (non-hydrogen) atoms. The molecule has 0 bridgehead atoms. The molecular formula is C25H21ClFN5O4S. The van der Waals surface area contributed by atoms with Crippen molar-refractivity contribution < 1.29 is 22.0 Å². The summed E-state index contributed by atoms with van der Waals surface area (Å²) in [5.41, 5.74) is 8.65. The molecule has 0 aliphatic carbocycles. The topological polar surface area (TPSA) is 132 Å². The second-order valence-corrected chi connectivity index (χ2v) is 11.2. The van der Waals surface area contributed by atoms with Gasteiger partial charge < -0.3 is 15.1 Å². The largest absolute Gasteiger partial charge is 0.416 e. The van der Waals surface area contributed by atoms with E-state index in [1.54, 1.807) is 30.5 Å². The maximum absolute atomic E-state index is 15.3. The lowest BCUT2D eigenvalue weighted by Crippen LogP contribution is -2.45. The van der Waals surface area contributed by atoms with Crippen LogP contribution in [0.5, 0.6) is 0 Å². The van der Waals surface area contributed by atoms with Crippen LogP contribution >= 0.6 is 11.6 Å². The summed E-state index contributed by atoms with van der Waals surface area (Å²) in [5.74, 6) is -2.23. The fraction of sp³-hybridized carbons (Fsp3) is 0.200. The van der Waals surface area contributed by atoms with Crippen molar-refractivity contribution in [3.05, 3.63) is 76.3 Å². The van der Waals surface area contributed by atoms with Crippen LogP contribution in [0.2, 0.25) is 5.02 Å². The Bertz CT molecular complexity index is 1640. The van der Waals surface area contributed by atoms with E-state index in [0.717, 1.165) is 17.3 Å². The second-order valence-electron chi connectivity index (χ2n) is 8.79. The monoisotopic (exact) mass is 541 g/mol. The zero-order valence-electron chi connectivity index (χ0n) is 19.8. The van der Waals surface area contributed by atoms with E-state index in [1.165, 1.54) is 11.0 Å². The van der Waals surface area contributed by atoms with Crippen LogP contribution in [0.1, 0.15) is 16.8 Å². The Balaban J connectivity index is 1.64. The van der Waals surface area contributed by atoms with Gasteiger partial charge in [0.15, 0.2) is 9.84 Å². The van der Waals surface area contributed by atoms with Gasteiger partial charge in [0.2, 0.25) is 11.8 Å². The minimum atomic E-state index is -4.08. The normalized spacial score (nSPS) is 16.9. The minimum absolute atomic E-state index is 0.0133. The van der Waals surface area contributed by atoms with Crippen LogP contribution < -0.4 is 10.6 Å². The Morgan fingerprint density at radius 1 is 1.11 bits per heavy atom. The summed E-state index contributed by atoms with van der Waals surface area (Å²) in [4.78, 5) is 18.3. The third kappa shape index (κ3) is 4.73. The van der Waals surface area contributed by atoms with Crippen molar-refractivity contribution in [1.82, 2.24) is 15.2 Å². The lowest BCUT2D eigenvalue weighted by Gasteiger charge is -2.24. The molecule has 9 nitrogen and oxygen atoms in total. The summed E-state index contributed by atoms with van der Waals surface area (Å²) < 4.78 is 47.2. The molecule has 0 spiro atoms. The lowest BCUT2D eigenvalue weighted by molar-refractivity contribution is -0.119. The summed E-state index contributed by atoms with van der Waals surface area (Å²) in [7, 11) is -4.08. The molecule has 0 unspecified atom stereocenters. The van der Waals surface area contributed by atoms with Gasteiger partial charge in [0.25, 0.3) is 5.89 Å². The molecule has 0 radical (unpaired) electrons. The van der Waals surface area contributed by atoms with Gasteiger partial charge in [-0.15, -0.1) is 10.2 Å². The first-order valence-electron chi connectivity index (χ1n) is 11.2. The highest BCUT2D eigenvalue weighted by molar-refractivity contribution is 7.91. The van der Waals surface area contributed by atoms with E-state index in [0.29, 0.717) is 16.1 Å². The molecule has 2 aromatic carbocycles. The number of carbonyl (C=O) groups is 1. The number of rotatable bonds is 4. The molecular weight excluding hydrogens is 521 g/mol. The van der Waals surface area contributed by atoms with Gasteiger partial charge in [-0.1, -0.05) is 23.7 Å². The molecule has 12 heteroatoms. The molecule has 0 saturated heterocycles. The van der Waals surface area contributed by atoms with Crippen LogP contribution in [0.4, 0.5) is 10.1 Å². The quantitative estimate of drug-likeness (QED) is 0.412. The zero-order chi connectivity index (χ0) is 26.5. The predicted molar refractivity (Wildman–Crippen MR) is 135 cm³/mol. The number of fused-ring (bicyclic) bond motifs is 1. The smallest absolute Gasteiger partial charge is 0.251 e. The van der Waals surface area contributed by atoms with E-state index >= 15 is 4.39 Å². The number of carbonyl (C=O) groups excluding carboxylic acids is 1. The molecule has 2 N–H and O–H groups in total. The summed E-state index contributed by atoms with van der Waals surface area (Å²) in [5, 5.41) is 8.49. The van der Waals surface area contributed by atoms with Gasteiger partial charge in [0.1, 0.15) is 5.82 Å². The Morgan fingerprint density at radius 2 is 1.78 bits per heavy atom. The summed E-state index contributed by atoms with van der Waals surface area (Å²) in [6.45, 7) is 3.68. The van der Waals surface area contributed by atoms with E-state index < -0.39 is 33.4 Å². The Morgan fingerprint density at radius 3 is 2.46 bits per heavy atom. The minimum Gasteiger partial charge on any atom is -0.416 e. The summed E-state index contributed by atoms with van der Waals surface area (Å²) in [6.07, 6.45) is 1.58. The first kappa shape index (κ1) is 25.0. The van der Waals surface area contributed by atoms with E-state index in [1.807, 2.05) is 19.9 Å². The van der Waals surface area contributed by atoms with Gasteiger partial charge in [0, 0.05) is 16.9 Å². The standard InChI is InChI=1S/C25H21ClFN5O4S/c1-13-7-14(2)29-10-18(13)24-31-30-23(36-24)17-8-21-22(9-19(17)27)37(34,35)12-20(28)25(33)32(21)11-15-3-5-16(26)6-4-15/h3-10,20H,11-12,28H2,1-2H3/t20-/m0/s1. The van der Waals surface area contributed by atoms with Gasteiger partial charge in [-0.05, 0) is 55.3 Å². The Hall–Kier alpha value is -3.67. The molecule has 190 valence electrons. The van der Waals surface area contributed by atoms with Crippen LogP contribution in [0.25, 0.3) is 22.9 Å². The van der Waals surface area contributed by atoms with Crippen molar-refractivity contribution in [3.63, 3.8) is 0 Å². The van der Waals surface area contributed by atoms with Crippen LogP contribution in [-0.2, 0) is 21.2 Å². The number of hydrogen-bond acceptors (Lipinski definition) is 8. The highest BCUT2D eigenvalue weighted by Gasteiger charge is 2.37. The van der Waals surface area contributed by atoms with Crippen molar-refractivity contribution in [3.8, 4) is 22.9 Å². The number of nitrogens with two attached hydrogens (primary N) is 1. The van der Waals surface area contributed by atoms with Gasteiger partial charge in [0.05, 0.1) is 40.0 Å². The van der Waals surface area contributed by atoms with E-state index in [9.17, 15) is 13.2 Å². The highest BCUT2D eigenvalue weighted by atomic mass is 35.5. The number of benzene rings is 2. The third-order valence-corrected chi connectivity index (χ3v) is 8.09. The average Bonchev–Trinajstić information content (AvgIpc) is 3.30. The highest BCUT2D eigenvalue weighted by Crippen LogP contribution is 2.37. The fourth-order valence-electron chi connectivity index (χ4n) is 4.18. The van der Waals surface area contributed by atoms with E-state index in [2.05, 4.69) is 15.2 Å². The predicted octanol–water partition coefficient (Wildman–Crippen LogP) is 3.86. The zero-order valence-corrected chi connectivity index (χ0v) is 21.3. The average molecular weight is 542 g/mol. The summed E-state index contributed by atoms with van der Waals surface area (Å²) in [6, 6.07) is 9.30. The van der Waals surface area contributed by atoms with Gasteiger partial charge >= 0.3 is 0 Å². The van der Waals surface area contributed by atoms with Crippen LogP contribution in [0.15, 0.2) is 58.0 Å². The van der Waals surface area contributed by atoms with Gasteiger partial charge in [-0.3, -0.25) is 9.78 Å². The second kappa shape index (κ2) is 9.33. The van der Waals surface area contributed by atoms with Crippen molar-refractivity contribution in [2.45, 2.75) is 31.3 Å². The Kier molecular flexibility index (Phi) is 6.30. The Labute approximate surface area is 217 Å². The number of anilines is 1. The number of pyridine rings is 1. The number of aryl methyl sites for hydroxylation is 2. The molecule has 3 heterocycles. The number of aromatic nitrogens is 3. The van der Waals surface area contributed by atoms with Crippen molar-refractivity contribution in [2.75, 3.05) is 10.7 Å². The van der Waals surface area contributed by atoms with Crippen LogP contribution in [0.3, 0.4) is 0 Å². The molecule has 2 aromatic heterocycles. The number of amides is 1. The molecule has 4 aromatic rings. The van der Waals surface area contributed by atoms with E-state index in [-0.39, 0.29) is 34.5 Å². The van der Waals surface area contributed by atoms with E-state index in [4.69, 9.17) is 21.8 Å². The van der Waals surface area contributed by atoms with Gasteiger partial charge in [-0.25, -0.2) is 12.8 Å². The molecule has 1 amide bonds. The lowest BCUT2D eigenvalue weighted by atomic mass is 10.1. The number of halogens is 2. The number of nitrogens with zero attached hydrogens (tertiary/aromatic N) is 4. The molecule has 0 fully saturated rings. The molecule has 1 aliphatic rings. The summed E-state index contributed by atoms with van der Waals surface area (Å²) >= 11 is 5.97. The van der Waals surface area contributed by atoms with Crippen molar-refractivity contribution in [2.24, 2.45) is 5.73 Å². The fourth-order valence-corrected chi connectivity index (χ4v) is 5.87. The molecule has 0 saturated carbocycles. The SMILES string of the molecule is Cc1cc(C)c(-c2nnc(-c3cc4c(cc3F)S(=O)(=O)C[C@H](N)C(=O)N4Cc3ccc(Cl)cc3)o2)cn1. The number of sulfone groups is 1. The van der Waals surface area contributed by atoms with Gasteiger partial charge in [-0.2, -0.15) is 0 Å². The first-order chi connectivity index (χ1) is 17.5. The van der Waals surface area contributed by atoms with Crippen molar-refractivity contribution in [1.29, 1.82) is 0 Å². The maximum atomic E-state index is 15.3.